The normalized spacial score (nSPS) is 16.1. The molecule has 7 nitrogen and oxygen atoms in total. The van der Waals surface area contributed by atoms with Crippen molar-refractivity contribution in [3.8, 4) is 0 Å². The molecule has 1 saturated heterocycles. The molecule has 9 heteroatoms. The summed E-state index contributed by atoms with van der Waals surface area (Å²) < 4.78 is 14.5. The Labute approximate surface area is 119 Å². The molecule has 0 N–H and O–H groups in total. The summed E-state index contributed by atoms with van der Waals surface area (Å²) in [6.07, 6.45) is 0. The molecule has 1 rings (SSSR count). The number of rotatable bonds is 4. The molecule has 20 heavy (non-hydrogen) atoms. The Morgan fingerprint density at radius 2 is 1.65 bits per heavy atom. The van der Waals surface area contributed by atoms with Crippen LogP contribution in [0.2, 0.25) is 0 Å². The second kappa shape index (κ2) is 7.74. The number of hydrogen-bond acceptors (Lipinski definition) is 6. The van der Waals surface area contributed by atoms with Crippen LogP contribution >= 0.6 is 0 Å². The molecule has 1 amide bonds. The molecule has 0 aromatic rings. The third kappa shape index (κ3) is 4.41. The zero-order valence-corrected chi connectivity index (χ0v) is 11.9. The van der Waals surface area contributed by atoms with E-state index in [9.17, 15) is 14.4 Å². The van der Waals surface area contributed by atoms with Crippen molar-refractivity contribution in [2.75, 3.05) is 40.0 Å². The molecule has 0 aromatic carbocycles. The number of amides is 1. The number of ether oxygens (including phenoxy) is 3. The third-order valence-electron chi connectivity index (χ3n) is 3.05. The van der Waals surface area contributed by atoms with E-state index in [0.29, 0.717) is 26.3 Å². The average molecular weight is 281 g/mol. The number of carbonyl (C=O) groups excluding carboxylic acids is 3. The van der Waals surface area contributed by atoms with Crippen molar-refractivity contribution < 1.29 is 28.6 Å². The summed E-state index contributed by atoms with van der Waals surface area (Å²) in [6, 6.07) is 0. The van der Waals surface area contributed by atoms with Gasteiger partial charge in [0, 0.05) is 13.1 Å². The lowest BCUT2D eigenvalue weighted by molar-refractivity contribution is -0.150. The fraction of sp³-hybridized carbons (Fsp3) is 0.545. The van der Waals surface area contributed by atoms with Gasteiger partial charge in [-0.2, -0.15) is 0 Å². The summed E-state index contributed by atoms with van der Waals surface area (Å²) in [5, 5.41) is 0. The van der Waals surface area contributed by atoms with Gasteiger partial charge in [-0.05, 0) is 10.9 Å². The maximum absolute atomic E-state index is 11.8. The summed E-state index contributed by atoms with van der Waals surface area (Å²) in [5.41, 5.74) is 0.294. The quantitative estimate of drug-likeness (QED) is 0.311. The smallest absolute Gasteiger partial charge is 0.324 e. The molecule has 1 heterocycles. The van der Waals surface area contributed by atoms with Gasteiger partial charge in [0.05, 0.1) is 20.3 Å². The van der Waals surface area contributed by atoms with Gasteiger partial charge in [0.25, 0.3) is 5.91 Å². The van der Waals surface area contributed by atoms with Gasteiger partial charge in [-0.3, -0.25) is 4.79 Å². The van der Waals surface area contributed by atoms with E-state index in [1.807, 2.05) is 0 Å². The van der Waals surface area contributed by atoms with Crippen LogP contribution in [0.3, 0.4) is 0 Å². The van der Waals surface area contributed by atoms with E-state index in [1.54, 1.807) is 4.90 Å². The average Bonchev–Trinajstić information content (AvgIpc) is 2.50. The number of nitrogens with zero attached hydrogens (tertiary/aromatic N) is 1. The molecule has 0 saturated carbocycles. The lowest BCUT2D eigenvalue weighted by Crippen LogP contribution is -2.42. The lowest BCUT2D eigenvalue weighted by atomic mass is 9.80. The molecule has 0 unspecified atom stereocenters. The molecule has 0 aliphatic carbocycles. The van der Waals surface area contributed by atoms with Gasteiger partial charge in [0.2, 0.25) is 0 Å². The molecule has 1 fully saturated rings. The van der Waals surface area contributed by atoms with Crippen LogP contribution in [0.4, 0.5) is 0 Å². The Morgan fingerprint density at radius 1 is 1.10 bits per heavy atom. The second-order valence-electron chi connectivity index (χ2n) is 4.31. The Kier molecular flexibility index (Phi) is 6.30. The highest BCUT2D eigenvalue weighted by atomic mass is 16.5. The molecule has 1 aliphatic heterocycles. The number of morpholine rings is 1. The summed E-state index contributed by atoms with van der Waals surface area (Å²) in [4.78, 5) is 36.3. The topological polar surface area (TPSA) is 82.1 Å². The molecule has 0 radical (unpaired) electrons. The molecule has 0 bridgehead atoms. The number of carbonyl (C=O) groups is 3. The van der Waals surface area contributed by atoms with Gasteiger partial charge in [0.15, 0.2) is 6.61 Å². The highest BCUT2D eigenvalue weighted by Crippen LogP contribution is 2.03. The first-order valence-corrected chi connectivity index (χ1v) is 6.25. The minimum atomic E-state index is -0.700. The standard InChI is InChI=1S/C11H17B2NO6/c1-18-10(16)8(12)9(13)11(17)20-6-7(15)14-2-4-19-5-3-14/h2-6,12-13H2,1H3/b9-8+. The SMILES string of the molecule is B/C(C(=O)OC)=C(/B)C(=O)OCC(=O)N1CCOCC1. The maximum Gasteiger partial charge on any atom is 0.324 e. The Hall–Kier alpha value is -1.76. The molecule has 0 spiro atoms. The Bertz CT molecular complexity index is 431. The lowest BCUT2D eigenvalue weighted by Gasteiger charge is -2.26. The van der Waals surface area contributed by atoms with Gasteiger partial charge in [-0.25, -0.2) is 9.59 Å². The summed E-state index contributed by atoms with van der Waals surface area (Å²) >= 11 is 0. The first-order valence-electron chi connectivity index (χ1n) is 6.25. The van der Waals surface area contributed by atoms with E-state index in [1.165, 1.54) is 22.8 Å². The van der Waals surface area contributed by atoms with Crippen LogP contribution in [0.5, 0.6) is 0 Å². The van der Waals surface area contributed by atoms with Gasteiger partial charge in [-0.15, -0.1) is 0 Å². The third-order valence-corrected chi connectivity index (χ3v) is 3.05. The highest BCUT2D eigenvalue weighted by Gasteiger charge is 2.20. The molecule has 108 valence electrons. The van der Waals surface area contributed by atoms with Crippen molar-refractivity contribution in [1.82, 2.24) is 4.90 Å². The first kappa shape index (κ1) is 16.3. The van der Waals surface area contributed by atoms with Gasteiger partial charge >= 0.3 is 11.9 Å². The fourth-order valence-electron chi connectivity index (χ4n) is 1.60. The van der Waals surface area contributed by atoms with Crippen molar-refractivity contribution in [2.45, 2.75) is 0 Å². The first-order chi connectivity index (χ1) is 9.47. The van der Waals surface area contributed by atoms with Crippen LogP contribution < -0.4 is 0 Å². The van der Waals surface area contributed by atoms with E-state index in [-0.39, 0.29) is 23.5 Å². The van der Waals surface area contributed by atoms with E-state index >= 15 is 0 Å². The summed E-state index contributed by atoms with van der Waals surface area (Å²) in [7, 11) is 4.15. The molecule has 0 aromatic heterocycles. The largest absolute Gasteiger partial charge is 0.466 e. The summed E-state index contributed by atoms with van der Waals surface area (Å²) in [5.74, 6) is -1.57. The van der Waals surface area contributed by atoms with E-state index < -0.39 is 11.9 Å². The van der Waals surface area contributed by atoms with Crippen LogP contribution in [0.15, 0.2) is 10.9 Å². The summed E-state index contributed by atoms with van der Waals surface area (Å²) in [6.45, 7) is 1.61. The van der Waals surface area contributed by atoms with Gasteiger partial charge < -0.3 is 19.1 Å². The number of esters is 2. The second-order valence-corrected chi connectivity index (χ2v) is 4.31. The van der Waals surface area contributed by atoms with Gasteiger partial charge in [-0.1, -0.05) is 0 Å². The monoisotopic (exact) mass is 281 g/mol. The zero-order chi connectivity index (χ0) is 15.1. The van der Waals surface area contributed by atoms with Crippen LogP contribution in [0.25, 0.3) is 0 Å². The minimum absolute atomic E-state index is 0.131. The molecule has 0 atom stereocenters. The zero-order valence-electron chi connectivity index (χ0n) is 11.9. The predicted octanol–water partition coefficient (Wildman–Crippen LogP) is -2.96. The minimum Gasteiger partial charge on any atom is -0.466 e. The van der Waals surface area contributed by atoms with Crippen LogP contribution in [0, 0.1) is 0 Å². The van der Waals surface area contributed by atoms with Crippen LogP contribution in [-0.4, -0.2) is 78.5 Å². The van der Waals surface area contributed by atoms with E-state index in [4.69, 9.17) is 9.47 Å². The van der Waals surface area contributed by atoms with Crippen molar-refractivity contribution in [3.63, 3.8) is 0 Å². The van der Waals surface area contributed by atoms with Crippen molar-refractivity contribution in [1.29, 1.82) is 0 Å². The Morgan fingerprint density at radius 3 is 2.20 bits per heavy atom. The van der Waals surface area contributed by atoms with E-state index in [2.05, 4.69) is 4.74 Å². The molecule has 1 aliphatic rings. The van der Waals surface area contributed by atoms with Crippen LogP contribution in [-0.2, 0) is 28.6 Å². The Balaban J connectivity index is 2.50. The number of methoxy groups -OCH3 is 1. The fourth-order valence-corrected chi connectivity index (χ4v) is 1.60. The van der Waals surface area contributed by atoms with Crippen molar-refractivity contribution in [3.05, 3.63) is 10.9 Å². The van der Waals surface area contributed by atoms with Crippen molar-refractivity contribution >= 4 is 33.5 Å². The highest BCUT2D eigenvalue weighted by molar-refractivity contribution is 6.47. The predicted molar refractivity (Wildman–Crippen MR) is 74.5 cm³/mol. The maximum atomic E-state index is 11.8. The van der Waals surface area contributed by atoms with Gasteiger partial charge in [0.1, 0.15) is 15.7 Å². The number of hydrogen-bond donors (Lipinski definition) is 0. The molecular weight excluding hydrogens is 264 g/mol. The molecular formula is C11H17B2NO6. The van der Waals surface area contributed by atoms with Crippen molar-refractivity contribution in [2.24, 2.45) is 0 Å². The van der Waals surface area contributed by atoms with E-state index in [0.717, 1.165) is 0 Å². The van der Waals surface area contributed by atoms with Crippen LogP contribution in [0.1, 0.15) is 0 Å².